The minimum absolute atomic E-state index is 0.0758. The molecule has 0 aliphatic heterocycles. The first-order valence-corrected chi connectivity index (χ1v) is 7.65. The smallest absolute Gasteiger partial charge is 0.228 e. The zero-order chi connectivity index (χ0) is 15.7. The second-order valence-electron chi connectivity index (χ2n) is 6.08. The third kappa shape index (κ3) is 3.02. The number of benzene rings is 1. The molecule has 1 aromatic carbocycles. The van der Waals surface area contributed by atoms with Crippen LogP contribution in [0.1, 0.15) is 24.5 Å². The number of hydrogen-bond acceptors (Lipinski definition) is 3. The maximum absolute atomic E-state index is 12.0. The summed E-state index contributed by atoms with van der Waals surface area (Å²) >= 11 is 0. The van der Waals surface area contributed by atoms with Crippen molar-refractivity contribution in [2.75, 3.05) is 5.32 Å². The maximum atomic E-state index is 12.0. The number of nitrogens with one attached hydrogen (secondary N) is 1. The monoisotopic (exact) mass is 295 g/mol. The van der Waals surface area contributed by atoms with E-state index in [4.69, 9.17) is 5.73 Å². The highest BCUT2D eigenvalue weighted by Gasteiger charge is 2.39. The zero-order valence-electron chi connectivity index (χ0n) is 13.0. The van der Waals surface area contributed by atoms with Gasteiger partial charge in [0.25, 0.3) is 0 Å². The molecule has 1 aliphatic carbocycles. The van der Waals surface area contributed by atoms with Crippen molar-refractivity contribution < 1.29 is 4.79 Å². The van der Waals surface area contributed by atoms with Gasteiger partial charge in [-0.05, 0) is 53.6 Å². The zero-order valence-corrected chi connectivity index (χ0v) is 13.0. The molecule has 22 heavy (non-hydrogen) atoms. The van der Waals surface area contributed by atoms with Crippen LogP contribution in [0.25, 0.3) is 11.1 Å². The van der Waals surface area contributed by atoms with E-state index in [9.17, 15) is 4.79 Å². The fourth-order valence-corrected chi connectivity index (χ4v) is 2.69. The van der Waals surface area contributed by atoms with Crippen molar-refractivity contribution >= 4 is 11.7 Å². The van der Waals surface area contributed by atoms with Crippen LogP contribution >= 0.6 is 0 Å². The van der Waals surface area contributed by atoms with Crippen LogP contribution in [-0.4, -0.2) is 10.9 Å². The van der Waals surface area contributed by atoms with Crippen LogP contribution < -0.4 is 11.1 Å². The third-order valence-electron chi connectivity index (χ3n) is 4.35. The van der Waals surface area contributed by atoms with Crippen LogP contribution in [0.5, 0.6) is 0 Å². The van der Waals surface area contributed by atoms with Crippen molar-refractivity contribution in [3.8, 4) is 11.1 Å². The molecule has 1 fully saturated rings. The van der Waals surface area contributed by atoms with Gasteiger partial charge in [-0.15, -0.1) is 0 Å². The number of carbonyl (C=O) groups is 1. The van der Waals surface area contributed by atoms with Crippen molar-refractivity contribution in [3.63, 3.8) is 0 Å². The molecule has 1 heterocycles. The normalized spacial score (nSPS) is 19.8. The second kappa shape index (κ2) is 5.89. The van der Waals surface area contributed by atoms with Gasteiger partial charge in [-0.3, -0.25) is 4.79 Å². The van der Waals surface area contributed by atoms with Gasteiger partial charge in [0.15, 0.2) is 0 Å². The molecule has 3 rings (SSSR count). The lowest BCUT2D eigenvalue weighted by molar-refractivity contribution is -0.117. The fourth-order valence-electron chi connectivity index (χ4n) is 2.69. The predicted octanol–water partition coefficient (Wildman–Crippen LogP) is 3.11. The van der Waals surface area contributed by atoms with Gasteiger partial charge in [-0.1, -0.05) is 25.1 Å². The highest BCUT2D eigenvalue weighted by Crippen LogP contribution is 2.38. The van der Waals surface area contributed by atoms with E-state index in [1.807, 2.05) is 12.1 Å². The Balaban J connectivity index is 1.81. The van der Waals surface area contributed by atoms with Gasteiger partial charge in [0.2, 0.25) is 5.91 Å². The van der Waals surface area contributed by atoms with Gasteiger partial charge in [0.1, 0.15) is 5.82 Å². The molecule has 1 aliphatic rings. The molecular formula is C18H21N3O. The molecule has 4 nitrogen and oxygen atoms in total. The van der Waals surface area contributed by atoms with E-state index in [2.05, 4.69) is 42.3 Å². The number of carbonyl (C=O) groups excluding carboxylic acids is 1. The maximum Gasteiger partial charge on any atom is 0.228 e. The standard InChI is InChI=1S/C18H21N3O/c1-11-7-13(3-4-15(11)10-19)14-5-6-20-17(9-14)21-18(22)16-8-12(16)2/h3-7,9,12,16H,8,10,19H2,1-2H3,(H,20,21,22)/t12-,16-/m0/s1. The Morgan fingerprint density at radius 3 is 2.68 bits per heavy atom. The van der Waals surface area contributed by atoms with Crippen molar-refractivity contribution in [1.82, 2.24) is 4.98 Å². The van der Waals surface area contributed by atoms with E-state index in [0.717, 1.165) is 23.1 Å². The van der Waals surface area contributed by atoms with Gasteiger partial charge in [0, 0.05) is 18.7 Å². The van der Waals surface area contributed by atoms with Crippen LogP contribution in [0.4, 0.5) is 5.82 Å². The molecule has 4 heteroatoms. The first kappa shape index (κ1) is 14.7. The summed E-state index contributed by atoms with van der Waals surface area (Å²) in [7, 11) is 0. The molecular weight excluding hydrogens is 274 g/mol. The van der Waals surface area contributed by atoms with Gasteiger partial charge >= 0.3 is 0 Å². The largest absolute Gasteiger partial charge is 0.326 e. The number of pyridine rings is 1. The summed E-state index contributed by atoms with van der Waals surface area (Å²) in [5, 5.41) is 2.91. The van der Waals surface area contributed by atoms with Crippen LogP contribution in [-0.2, 0) is 11.3 Å². The van der Waals surface area contributed by atoms with Crippen molar-refractivity contribution in [3.05, 3.63) is 47.7 Å². The Kier molecular flexibility index (Phi) is 3.94. The van der Waals surface area contributed by atoms with Crippen LogP contribution in [0.15, 0.2) is 36.5 Å². The quantitative estimate of drug-likeness (QED) is 0.910. The first-order chi connectivity index (χ1) is 10.6. The summed E-state index contributed by atoms with van der Waals surface area (Å²) in [6, 6.07) is 10.1. The Hall–Kier alpha value is -2.20. The highest BCUT2D eigenvalue weighted by molar-refractivity contribution is 5.94. The van der Waals surface area contributed by atoms with Crippen LogP contribution in [0.3, 0.4) is 0 Å². The number of nitrogens with two attached hydrogens (primary N) is 1. The Bertz CT molecular complexity index is 711. The second-order valence-corrected chi connectivity index (χ2v) is 6.08. The highest BCUT2D eigenvalue weighted by atomic mass is 16.2. The topological polar surface area (TPSA) is 68.0 Å². The molecule has 3 N–H and O–H groups in total. The number of aryl methyl sites for hydroxylation is 1. The van der Waals surface area contributed by atoms with E-state index in [1.54, 1.807) is 6.20 Å². The lowest BCUT2D eigenvalue weighted by Gasteiger charge is -2.09. The van der Waals surface area contributed by atoms with Crippen molar-refractivity contribution in [2.45, 2.75) is 26.8 Å². The summed E-state index contributed by atoms with van der Waals surface area (Å²) in [5.41, 5.74) is 10.2. The minimum Gasteiger partial charge on any atom is -0.326 e. The predicted molar refractivity (Wildman–Crippen MR) is 88.2 cm³/mol. The Labute approximate surface area is 130 Å². The Morgan fingerprint density at radius 1 is 1.32 bits per heavy atom. The summed E-state index contributed by atoms with van der Waals surface area (Å²) in [4.78, 5) is 16.2. The molecule has 2 atom stereocenters. The van der Waals surface area contributed by atoms with E-state index in [0.29, 0.717) is 18.3 Å². The number of anilines is 1. The van der Waals surface area contributed by atoms with E-state index in [1.165, 1.54) is 5.56 Å². The molecule has 1 saturated carbocycles. The van der Waals surface area contributed by atoms with E-state index < -0.39 is 0 Å². The van der Waals surface area contributed by atoms with E-state index in [-0.39, 0.29) is 11.8 Å². The number of aromatic nitrogens is 1. The number of nitrogens with zero attached hydrogens (tertiary/aromatic N) is 1. The number of amides is 1. The molecule has 1 aromatic heterocycles. The van der Waals surface area contributed by atoms with Gasteiger partial charge in [0.05, 0.1) is 0 Å². The molecule has 0 bridgehead atoms. The molecule has 0 radical (unpaired) electrons. The summed E-state index contributed by atoms with van der Waals surface area (Å²) < 4.78 is 0. The average Bonchev–Trinajstić information content (AvgIpc) is 3.24. The van der Waals surface area contributed by atoms with Gasteiger partial charge in [-0.2, -0.15) is 0 Å². The lowest BCUT2D eigenvalue weighted by atomic mass is 10.0. The van der Waals surface area contributed by atoms with Crippen molar-refractivity contribution in [1.29, 1.82) is 0 Å². The molecule has 2 aromatic rings. The number of rotatable bonds is 4. The fraction of sp³-hybridized carbons (Fsp3) is 0.333. The first-order valence-electron chi connectivity index (χ1n) is 7.65. The summed E-state index contributed by atoms with van der Waals surface area (Å²) in [5.74, 6) is 1.33. The molecule has 0 spiro atoms. The summed E-state index contributed by atoms with van der Waals surface area (Å²) in [6.07, 6.45) is 2.71. The van der Waals surface area contributed by atoms with Crippen molar-refractivity contribution in [2.24, 2.45) is 17.6 Å². The minimum atomic E-state index is 0.0758. The number of hydrogen-bond donors (Lipinski definition) is 2. The molecule has 0 unspecified atom stereocenters. The third-order valence-corrected chi connectivity index (χ3v) is 4.35. The summed E-state index contributed by atoms with van der Waals surface area (Å²) in [6.45, 7) is 4.70. The van der Waals surface area contributed by atoms with Gasteiger partial charge < -0.3 is 11.1 Å². The average molecular weight is 295 g/mol. The molecule has 0 saturated heterocycles. The van der Waals surface area contributed by atoms with Gasteiger partial charge in [-0.25, -0.2) is 4.98 Å². The van der Waals surface area contributed by atoms with Crippen LogP contribution in [0.2, 0.25) is 0 Å². The molecule has 1 amide bonds. The van der Waals surface area contributed by atoms with Crippen LogP contribution in [0, 0.1) is 18.8 Å². The Morgan fingerprint density at radius 2 is 2.05 bits per heavy atom. The lowest BCUT2D eigenvalue weighted by Crippen LogP contribution is -2.15. The molecule has 114 valence electrons. The van der Waals surface area contributed by atoms with E-state index >= 15 is 0 Å². The SMILES string of the molecule is Cc1cc(-c2ccnc(NC(=O)[C@H]3C[C@@H]3C)c2)ccc1CN.